The smallest absolute Gasteiger partial charge is 0.348 e. The van der Waals surface area contributed by atoms with E-state index in [4.69, 9.17) is 11.6 Å². The van der Waals surface area contributed by atoms with Gasteiger partial charge >= 0.3 is 6.18 Å². The van der Waals surface area contributed by atoms with Gasteiger partial charge in [-0.2, -0.15) is 13.2 Å². The molecule has 3 rings (SSSR count). The number of nitrogens with zero attached hydrogens (tertiary/aromatic N) is 1. The van der Waals surface area contributed by atoms with Gasteiger partial charge in [0.05, 0.1) is 10.6 Å². The molecule has 1 heterocycles. The van der Waals surface area contributed by atoms with E-state index in [-0.39, 0.29) is 27.2 Å². The molecular formula is C18H13ClF3N3O3S2. The topological polar surface area (TPSA) is 88.2 Å². The summed E-state index contributed by atoms with van der Waals surface area (Å²) < 4.78 is 64.8. The average molecular weight is 476 g/mol. The Morgan fingerprint density at radius 1 is 1.13 bits per heavy atom. The van der Waals surface area contributed by atoms with E-state index in [1.807, 2.05) is 0 Å². The number of alkyl halides is 3. The number of rotatable bonds is 6. The van der Waals surface area contributed by atoms with Crippen molar-refractivity contribution in [3.63, 3.8) is 0 Å². The SMILES string of the molecule is O=C(NCc1ccc(C(F)(F)F)cc1)c1ccc(S(=O)(=O)Nc2nccs2)c(Cl)c1. The number of carbonyl (C=O) groups is 1. The third-order valence-corrected chi connectivity index (χ3v) is 6.51. The summed E-state index contributed by atoms with van der Waals surface area (Å²) in [5.74, 6) is -0.561. The predicted molar refractivity (Wildman–Crippen MR) is 107 cm³/mol. The number of thiazole rings is 1. The molecule has 3 aromatic rings. The summed E-state index contributed by atoms with van der Waals surface area (Å²) in [6, 6.07) is 8.03. The van der Waals surface area contributed by atoms with Gasteiger partial charge in [0, 0.05) is 23.7 Å². The Labute approximate surface area is 178 Å². The van der Waals surface area contributed by atoms with Gasteiger partial charge in [-0.1, -0.05) is 23.7 Å². The van der Waals surface area contributed by atoms with Crippen LogP contribution in [0.4, 0.5) is 18.3 Å². The number of amides is 1. The van der Waals surface area contributed by atoms with Crippen molar-refractivity contribution in [2.75, 3.05) is 4.72 Å². The standard InChI is InChI=1S/C18H13ClF3N3O3S2/c19-14-9-12(3-6-15(14)30(27,28)25-17-23-7-8-29-17)16(26)24-10-11-1-4-13(5-2-11)18(20,21)22/h1-9H,10H2,(H,23,25)(H,24,26). The fourth-order valence-corrected chi connectivity index (χ4v) is 4.73. The van der Waals surface area contributed by atoms with Crippen LogP contribution >= 0.6 is 22.9 Å². The Balaban J connectivity index is 1.68. The number of anilines is 1. The number of carbonyl (C=O) groups excluding carboxylic acids is 1. The van der Waals surface area contributed by atoms with Crippen molar-refractivity contribution in [2.24, 2.45) is 0 Å². The molecule has 0 bridgehead atoms. The van der Waals surface area contributed by atoms with E-state index in [2.05, 4.69) is 15.0 Å². The second kappa shape index (κ2) is 8.62. The van der Waals surface area contributed by atoms with Crippen LogP contribution in [0.5, 0.6) is 0 Å². The molecule has 0 aliphatic rings. The number of aromatic nitrogens is 1. The number of hydrogen-bond donors (Lipinski definition) is 2. The molecule has 158 valence electrons. The van der Waals surface area contributed by atoms with Crippen LogP contribution in [0.1, 0.15) is 21.5 Å². The van der Waals surface area contributed by atoms with Gasteiger partial charge < -0.3 is 5.32 Å². The number of benzene rings is 2. The van der Waals surface area contributed by atoms with Gasteiger partial charge in [0.15, 0.2) is 5.13 Å². The summed E-state index contributed by atoms with van der Waals surface area (Å²) >= 11 is 7.15. The van der Waals surface area contributed by atoms with Crippen molar-refractivity contribution in [1.29, 1.82) is 0 Å². The van der Waals surface area contributed by atoms with E-state index in [1.165, 1.54) is 36.5 Å². The molecule has 6 nitrogen and oxygen atoms in total. The van der Waals surface area contributed by atoms with E-state index >= 15 is 0 Å². The maximum absolute atomic E-state index is 12.6. The molecule has 0 radical (unpaired) electrons. The lowest BCUT2D eigenvalue weighted by molar-refractivity contribution is -0.137. The van der Waals surface area contributed by atoms with Crippen LogP contribution in [0.15, 0.2) is 58.9 Å². The van der Waals surface area contributed by atoms with Gasteiger partial charge in [0.2, 0.25) is 0 Å². The van der Waals surface area contributed by atoms with Crippen LogP contribution in [0.2, 0.25) is 5.02 Å². The largest absolute Gasteiger partial charge is 0.416 e. The molecule has 0 saturated heterocycles. The number of halogens is 4. The Bertz CT molecular complexity index is 1150. The number of nitrogens with one attached hydrogen (secondary N) is 2. The highest BCUT2D eigenvalue weighted by molar-refractivity contribution is 7.93. The van der Waals surface area contributed by atoms with Crippen molar-refractivity contribution < 1.29 is 26.4 Å². The molecule has 1 amide bonds. The van der Waals surface area contributed by atoms with E-state index in [9.17, 15) is 26.4 Å². The Hall–Kier alpha value is -2.63. The molecular weight excluding hydrogens is 463 g/mol. The third-order valence-electron chi connectivity index (χ3n) is 3.87. The normalized spacial score (nSPS) is 11.9. The van der Waals surface area contributed by atoms with Crippen LogP contribution in [0.3, 0.4) is 0 Å². The van der Waals surface area contributed by atoms with E-state index < -0.39 is 27.7 Å². The number of hydrogen-bond acceptors (Lipinski definition) is 5. The molecule has 0 saturated carbocycles. The molecule has 0 atom stereocenters. The van der Waals surface area contributed by atoms with Crippen molar-refractivity contribution in [3.05, 3.63) is 75.8 Å². The van der Waals surface area contributed by atoms with Gasteiger partial charge in [-0.3, -0.25) is 9.52 Å². The van der Waals surface area contributed by atoms with E-state index in [1.54, 1.807) is 5.38 Å². The monoisotopic (exact) mass is 475 g/mol. The Kier molecular flexibility index (Phi) is 6.34. The summed E-state index contributed by atoms with van der Waals surface area (Å²) in [7, 11) is -3.99. The van der Waals surface area contributed by atoms with Crippen LogP contribution in [0, 0.1) is 0 Å². The fraction of sp³-hybridized carbons (Fsp3) is 0.111. The molecule has 0 spiro atoms. The minimum absolute atomic E-state index is 0.0136. The van der Waals surface area contributed by atoms with Crippen molar-refractivity contribution in [2.45, 2.75) is 17.6 Å². The molecule has 12 heteroatoms. The minimum atomic E-state index is -4.44. The zero-order chi connectivity index (χ0) is 21.9. The Morgan fingerprint density at radius 2 is 1.83 bits per heavy atom. The predicted octanol–water partition coefficient (Wildman–Crippen LogP) is 4.55. The van der Waals surface area contributed by atoms with Crippen LogP contribution in [0.25, 0.3) is 0 Å². The van der Waals surface area contributed by atoms with Gasteiger partial charge in [-0.25, -0.2) is 13.4 Å². The molecule has 0 fully saturated rings. The van der Waals surface area contributed by atoms with E-state index in [0.29, 0.717) is 5.56 Å². The maximum atomic E-state index is 12.6. The molecule has 2 aromatic carbocycles. The van der Waals surface area contributed by atoms with Gasteiger partial charge in [0.1, 0.15) is 4.90 Å². The zero-order valence-electron chi connectivity index (χ0n) is 14.9. The second-order valence-corrected chi connectivity index (χ2v) is 8.92. The second-order valence-electron chi connectivity index (χ2n) is 5.97. The number of sulfonamides is 1. The minimum Gasteiger partial charge on any atom is -0.348 e. The lowest BCUT2D eigenvalue weighted by atomic mass is 10.1. The molecule has 30 heavy (non-hydrogen) atoms. The lowest BCUT2D eigenvalue weighted by Gasteiger charge is -2.10. The van der Waals surface area contributed by atoms with Crippen molar-refractivity contribution in [3.8, 4) is 0 Å². The quantitative estimate of drug-likeness (QED) is 0.547. The zero-order valence-corrected chi connectivity index (χ0v) is 17.3. The van der Waals surface area contributed by atoms with Crippen LogP contribution in [-0.4, -0.2) is 19.3 Å². The van der Waals surface area contributed by atoms with Gasteiger partial charge in [-0.05, 0) is 35.9 Å². The molecule has 2 N–H and O–H groups in total. The molecule has 0 aliphatic heterocycles. The van der Waals surface area contributed by atoms with E-state index in [0.717, 1.165) is 23.5 Å². The first-order valence-electron chi connectivity index (χ1n) is 8.22. The highest BCUT2D eigenvalue weighted by Crippen LogP contribution is 2.29. The first kappa shape index (κ1) is 22.1. The lowest BCUT2D eigenvalue weighted by Crippen LogP contribution is -2.23. The summed E-state index contributed by atoms with van der Waals surface area (Å²) in [6.45, 7) is -0.0136. The molecule has 0 aliphatic carbocycles. The summed E-state index contributed by atoms with van der Waals surface area (Å²) in [4.78, 5) is 15.9. The van der Waals surface area contributed by atoms with Crippen molar-refractivity contribution >= 4 is 44.0 Å². The summed E-state index contributed by atoms with van der Waals surface area (Å²) in [5.41, 5.74) is -0.220. The molecule has 1 aromatic heterocycles. The molecule has 0 unspecified atom stereocenters. The van der Waals surface area contributed by atoms with Crippen LogP contribution < -0.4 is 10.0 Å². The Morgan fingerprint density at radius 3 is 2.40 bits per heavy atom. The van der Waals surface area contributed by atoms with Gasteiger partial charge in [-0.15, -0.1) is 11.3 Å². The summed E-state index contributed by atoms with van der Waals surface area (Å²) in [6.07, 6.45) is -3.00. The third kappa shape index (κ3) is 5.29. The van der Waals surface area contributed by atoms with Crippen molar-refractivity contribution in [1.82, 2.24) is 10.3 Å². The highest BCUT2D eigenvalue weighted by Gasteiger charge is 2.29. The first-order chi connectivity index (χ1) is 14.1. The maximum Gasteiger partial charge on any atom is 0.416 e. The average Bonchev–Trinajstić information content (AvgIpc) is 3.17. The fourth-order valence-electron chi connectivity index (χ4n) is 2.40. The highest BCUT2D eigenvalue weighted by atomic mass is 35.5. The summed E-state index contributed by atoms with van der Waals surface area (Å²) in [5, 5.41) is 4.15. The van der Waals surface area contributed by atoms with Gasteiger partial charge in [0.25, 0.3) is 15.9 Å². The first-order valence-corrected chi connectivity index (χ1v) is 11.0. The van der Waals surface area contributed by atoms with Crippen LogP contribution in [-0.2, 0) is 22.7 Å².